The largest absolute Gasteiger partial charge is 0.497 e. The Balaban J connectivity index is 1.55. The molecule has 2 heterocycles. The van der Waals surface area contributed by atoms with Crippen LogP contribution >= 0.6 is 11.3 Å². The number of carbonyl (C=O) groups excluding carboxylic acids is 1. The summed E-state index contributed by atoms with van der Waals surface area (Å²) in [5.41, 5.74) is 2.51. The smallest absolute Gasteiger partial charge is 0.251 e. The molecule has 6 heteroatoms. The molecule has 0 aliphatic heterocycles. The number of carbonyl (C=O) groups is 1. The van der Waals surface area contributed by atoms with Crippen molar-refractivity contribution in [1.29, 1.82) is 0 Å². The Morgan fingerprint density at radius 1 is 1.29 bits per heavy atom. The fourth-order valence-electron chi connectivity index (χ4n) is 2.22. The Bertz CT molecular complexity index is 818. The van der Waals surface area contributed by atoms with Crippen LogP contribution in [0.15, 0.2) is 54.2 Å². The molecule has 5 nitrogen and oxygen atoms in total. The van der Waals surface area contributed by atoms with Gasteiger partial charge in [-0.05, 0) is 30.3 Å². The number of aromatic nitrogens is 2. The fourth-order valence-corrected chi connectivity index (χ4v) is 3.03. The Kier molecular flexibility index (Phi) is 5.18. The van der Waals surface area contributed by atoms with Crippen LogP contribution in [0.5, 0.6) is 5.75 Å². The first-order valence-electron chi connectivity index (χ1n) is 7.53. The molecule has 0 fully saturated rings. The molecule has 0 radical (unpaired) electrons. The van der Waals surface area contributed by atoms with Crippen LogP contribution in [0, 0.1) is 0 Å². The van der Waals surface area contributed by atoms with Gasteiger partial charge < -0.3 is 10.1 Å². The maximum Gasteiger partial charge on any atom is 0.251 e. The second kappa shape index (κ2) is 7.70. The number of rotatable bonds is 6. The maximum absolute atomic E-state index is 12.1. The third-order valence-corrected chi connectivity index (χ3v) is 4.37. The molecule has 1 aromatic carbocycles. The summed E-state index contributed by atoms with van der Waals surface area (Å²) >= 11 is 1.59. The van der Waals surface area contributed by atoms with Crippen LogP contribution in [0.25, 0.3) is 11.3 Å². The molecule has 3 aromatic rings. The monoisotopic (exact) mass is 339 g/mol. The van der Waals surface area contributed by atoms with Gasteiger partial charge in [-0.25, -0.2) is 4.98 Å². The zero-order valence-corrected chi connectivity index (χ0v) is 14.0. The minimum Gasteiger partial charge on any atom is -0.497 e. The maximum atomic E-state index is 12.1. The molecule has 0 atom stereocenters. The lowest BCUT2D eigenvalue weighted by molar-refractivity contribution is 0.0954. The number of ether oxygens (including phenoxy) is 1. The molecule has 3 rings (SSSR count). The summed E-state index contributed by atoms with van der Waals surface area (Å²) in [6, 6.07) is 11.0. The Labute approximate surface area is 144 Å². The average Bonchev–Trinajstić information content (AvgIpc) is 3.11. The summed E-state index contributed by atoms with van der Waals surface area (Å²) in [6.07, 6.45) is 4.23. The molecule has 0 aliphatic rings. The van der Waals surface area contributed by atoms with Crippen molar-refractivity contribution in [1.82, 2.24) is 15.3 Å². The van der Waals surface area contributed by atoms with Crippen molar-refractivity contribution in [3.63, 3.8) is 0 Å². The van der Waals surface area contributed by atoms with Gasteiger partial charge in [0.1, 0.15) is 5.75 Å². The van der Waals surface area contributed by atoms with Gasteiger partial charge in [-0.15, -0.1) is 11.3 Å². The summed E-state index contributed by atoms with van der Waals surface area (Å²) in [4.78, 5) is 20.8. The first-order valence-corrected chi connectivity index (χ1v) is 8.41. The highest BCUT2D eigenvalue weighted by molar-refractivity contribution is 7.09. The molecule has 0 aliphatic carbocycles. The number of methoxy groups -OCH3 is 1. The molecule has 0 spiro atoms. The third kappa shape index (κ3) is 3.97. The van der Waals surface area contributed by atoms with Crippen molar-refractivity contribution in [3.05, 3.63) is 64.7 Å². The molecule has 1 N–H and O–H groups in total. The minimum absolute atomic E-state index is 0.113. The zero-order valence-electron chi connectivity index (χ0n) is 13.2. The van der Waals surface area contributed by atoms with E-state index in [9.17, 15) is 4.79 Å². The van der Waals surface area contributed by atoms with Crippen LogP contribution in [-0.4, -0.2) is 29.5 Å². The van der Waals surface area contributed by atoms with E-state index >= 15 is 0 Å². The van der Waals surface area contributed by atoms with Crippen molar-refractivity contribution in [2.45, 2.75) is 6.42 Å². The van der Waals surface area contributed by atoms with E-state index in [0.717, 1.165) is 16.3 Å². The second-order valence-electron chi connectivity index (χ2n) is 5.11. The quantitative estimate of drug-likeness (QED) is 0.749. The highest BCUT2D eigenvalue weighted by Crippen LogP contribution is 2.21. The standard InChI is InChI=1S/C18H17N3O2S/c1-23-15-6-2-4-13(10-15)18(22)20-9-7-17-21-16(12-24-17)14-5-3-8-19-11-14/h2-6,8,10-12H,7,9H2,1H3,(H,20,22). The highest BCUT2D eigenvalue weighted by atomic mass is 32.1. The Morgan fingerprint density at radius 3 is 3.00 bits per heavy atom. The van der Waals surface area contributed by atoms with Gasteiger partial charge in [0.15, 0.2) is 0 Å². The number of benzene rings is 1. The van der Waals surface area contributed by atoms with Crippen molar-refractivity contribution in [3.8, 4) is 17.0 Å². The topological polar surface area (TPSA) is 64.1 Å². The summed E-state index contributed by atoms with van der Waals surface area (Å²) in [5.74, 6) is 0.557. The van der Waals surface area contributed by atoms with Gasteiger partial charge in [0.05, 0.1) is 17.8 Å². The number of amides is 1. The van der Waals surface area contributed by atoms with Gasteiger partial charge in [-0.3, -0.25) is 9.78 Å². The van der Waals surface area contributed by atoms with Crippen molar-refractivity contribution >= 4 is 17.2 Å². The first-order chi connectivity index (χ1) is 11.8. The molecular weight excluding hydrogens is 322 g/mol. The predicted octanol–water partition coefficient (Wildman–Crippen LogP) is 3.19. The predicted molar refractivity (Wildman–Crippen MR) is 94.4 cm³/mol. The fraction of sp³-hybridized carbons (Fsp3) is 0.167. The van der Waals surface area contributed by atoms with Crippen LogP contribution in [0.1, 0.15) is 15.4 Å². The number of pyridine rings is 1. The zero-order chi connectivity index (χ0) is 16.8. The number of thiazole rings is 1. The van der Waals surface area contributed by atoms with Crippen LogP contribution in [-0.2, 0) is 6.42 Å². The van der Waals surface area contributed by atoms with E-state index in [1.54, 1.807) is 49.0 Å². The lowest BCUT2D eigenvalue weighted by atomic mass is 10.2. The van der Waals surface area contributed by atoms with Crippen LogP contribution in [0.3, 0.4) is 0 Å². The lowest BCUT2D eigenvalue weighted by Crippen LogP contribution is -2.25. The van der Waals surface area contributed by atoms with Gasteiger partial charge in [0.2, 0.25) is 0 Å². The van der Waals surface area contributed by atoms with Crippen molar-refractivity contribution in [2.24, 2.45) is 0 Å². The van der Waals surface area contributed by atoms with Crippen molar-refractivity contribution in [2.75, 3.05) is 13.7 Å². The second-order valence-corrected chi connectivity index (χ2v) is 6.05. The number of nitrogens with one attached hydrogen (secondary N) is 1. The van der Waals surface area contributed by atoms with Gasteiger partial charge in [-0.2, -0.15) is 0 Å². The SMILES string of the molecule is COc1cccc(C(=O)NCCc2nc(-c3cccnc3)cs2)c1. The number of hydrogen-bond donors (Lipinski definition) is 1. The Morgan fingerprint density at radius 2 is 2.21 bits per heavy atom. The van der Waals surface area contributed by atoms with E-state index in [4.69, 9.17) is 4.74 Å². The molecule has 0 unspecified atom stereocenters. The molecule has 1 amide bonds. The average molecular weight is 339 g/mol. The molecule has 24 heavy (non-hydrogen) atoms. The highest BCUT2D eigenvalue weighted by Gasteiger charge is 2.08. The lowest BCUT2D eigenvalue weighted by Gasteiger charge is -2.05. The van der Waals surface area contributed by atoms with Gasteiger partial charge in [-0.1, -0.05) is 6.07 Å². The summed E-state index contributed by atoms with van der Waals surface area (Å²) in [6.45, 7) is 0.538. The minimum atomic E-state index is -0.113. The number of hydrogen-bond acceptors (Lipinski definition) is 5. The van der Waals surface area contributed by atoms with Gasteiger partial charge in [0, 0.05) is 41.9 Å². The molecule has 0 bridgehead atoms. The third-order valence-electron chi connectivity index (χ3n) is 3.47. The molecule has 2 aromatic heterocycles. The normalized spacial score (nSPS) is 10.4. The molecular formula is C18H17N3O2S. The summed E-state index contributed by atoms with van der Waals surface area (Å²) in [7, 11) is 1.58. The first kappa shape index (κ1) is 16.1. The van der Waals surface area contributed by atoms with E-state index in [0.29, 0.717) is 24.3 Å². The van der Waals surface area contributed by atoms with Gasteiger partial charge >= 0.3 is 0 Å². The van der Waals surface area contributed by atoms with Crippen LogP contribution in [0.2, 0.25) is 0 Å². The van der Waals surface area contributed by atoms with Gasteiger partial charge in [0.25, 0.3) is 5.91 Å². The summed E-state index contributed by atoms with van der Waals surface area (Å²) < 4.78 is 5.13. The van der Waals surface area contributed by atoms with Crippen LogP contribution in [0.4, 0.5) is 0 Å². The van der Waals surface area contributed by atoms with E-state index in [-0.39, 0.29) is 5.91 Å². The Hall–Kier alpha value is -2.73. The van der Waals surface area contributed by atoms with E-state index in [1.165, 1.54) is 0 Å². The van der Waals surface area contributed by atoms with Crippen molar-refractivity contribution < 1.29 is 9.53 Å². The number of nitrogens with zero attached hydrogens (tertiary/aromatic N) is 2. The summed E-state index contributed by atoms with van der Waals surface area (Å²) in [5, 5.41) is 5.90. The van der Waals surface area contributed by atoms with E-state index in [2.05, 4.69) is 15.3 Å². The molecule has 0 saturated carbocycles. The molecule has 122 valence electrons. The van der Waals surface area contributed by atoms with Crippen LogP contribution < -0.4 is 10.1 Å². The molecule has 0 saturated heterocycles. The van der Waals surface area contributed by atoms with E-state index in [1.807, 2.05) is 23.6 Å². The van der Waals surface area contributed by atoms with E-state index < -0.39 is 0 Å².